The number of phenolic OH excluding ortho intramolecular Hbond substituents is 1. The summed E-state index contributed by atoms with van der Waals surface area (Å²) in [6.07, 6.45) is -14.2. The standard InChI is InChI=1S/C70H85N9O20/c1-36-30-79-61(62(36)88)66(92)73-29-40(83)27-52(71)63(89)74-58(37(2)82)67(93)78-31-41(84)28-53(78)64(90)75-59(65(91)76-60(68(79)94)55(86)21-22-72-69(95)98-34-50-46-15-7-3-11-42(46)43-12-4-8-16-47(43)50)56(87)25-38-19-20-54(85)57(26-38)97-24-23-77(39(32-80)33-81)70(96)99-35-51-48-17-9-5-13-44(48)45-14-6-10-18-49(45)51/h3-20,26,36-37,39-41,50-53,55-56,58-62,80-88H,21-25,27-35,71H2,1-2H3,(H,72,95)(H,73,92)(H,74,89)(H,75,90)(H,76,91)/t36-,37+,40+,41+,52-,53-,55+,56+,58-,59-,60-,61-,62-/m0/s1. The number of aliphatic hydroxyl groups is 8. The average Bonchev–Trinajstić information content (AvgIpc) is 1.62. The van der Waals surface area contributed by atoms with Crippen LogP contribution in [-0.4, -0.2) is 253 Å². The quantitative estimate of drug-likeness (QED) is 0.0461. The number of carbonyl (C=O) groups excluding carboxylic acids is 8. The monoisotopic (exact) mass is 1370 g/mol. The van der Waals surface area contributed by atoms with Crippen molar-refractivity contribution < 1.29 is 98.5 Å². The van der Waals surface area contributed by atoms with Crippen molar-refractivity contribution in [1.29, 1.82) is 0 Å². The van der Waals surface area contributed by atoms with Crippen LogP contribution in [0.25, 0.3) is 22.3 Å². The molecule has 99 heavy (non-hydrogen) atoms. The summed E-state index contributed by atoms with van der Waals surface area (Å²) in [7, 11) is 0. The zero-order chi connectivity index (χ0) is 70.9. The minimum Gasteiger partial charge on any atom is -0.504 e. The van der Waals surface area contributed by atoms with Crippen molar-refractivity contribution in [2.45, 2.75) is 130 Å². The van der Waals surface area contributed by atoms with Crippen molar-refractivity contribution in [3.8, 4) is 33.8 Å². The molecule has 16 N–H and O–H groups in total. The summed E-state index contributed by atoms with van der Waals surface area (Å²) in [4.78, 5) is 117. The topological polar surface area (TPSA) is 442 Å². The molecule has 13 atom stereocenters. The van der Waals surface area contributed by atoms with E-state index in [2.05, 4.69) is 26.6 Å². The SMILES string of the molecule is C[C@@H](O)[C@@H]1NC(=O)[C@@H](N)C[C@@H](O)CNC(=O)[C@@H]2[C@@H](O)[C@@H](C)CN2C(=O)[C@H]([C@H](O)CCNC(=O)OCC2c3ccccc3-c3ccccc32)NC(=O)[C@H]([C@H](O)Cc2ccc(O)c(OCCN(C(=O)OCC3c4ccccc4-c4ccccc43)C(CO)CO)c2)NC(=O)[C@@H]2C[C@@H](O)CN2C1=O. The Morgan fingerprint density at radius 2 is 1.20 bits per heavy atom. The molecular formula is C70H85N9O20. The van der Waals surface area contributed by atoms with Gasteiger partial charge in [0.2, 0.25) is 35.4 Å². The van der Waals surface area contributed by atoms with Gasteiger partial charge >= 0.3 is 12.2 Å². The number of nitrogens with zero attached hydrogens (tertiary/aromatic N) is 3. The summed E-state index contributed by atoms with van der Waals surface area (Å²) in [5.74, 6) is -9.07. The number of nitrogens with two attached hydrogens (primary N) is 1. The van der Waals surface area contributed by atoms with E-state index in [1.54, 1.807) is 0 Å². The molecule has 3 heterocycles. The van der Waals surface area contributed by atoms with Crippen molar-refractivity contribution in [3.05, 3.63) is 143 Å². The molecule has 5 aliphatic rings. The largest absolute Gasteiger partial charge is 0.504 e. The Morgan fingerprint density at radius 1 is 0.657 bits per heavy atom. The fraction of sp³-hybridized carbons (Fsp3) is 0.457. The first-order chi connectivity index (χ1) is 47.5. The van der Waals surface area contributed by atoms with Gasteiger partial charge in [0.15, 0.2) is 11.5 Å². The maximum absolute atomic E-state index is 15.2. The van der Waals surface area contributed by atoms with Crippen molar-refractivity contribution in [2.24, 2.45) is 11.7 Å². The number of aliphatic hydroxyl groups excluding tert-OH is 8. The molecule has 530 valence electrons. The second kappa shape index (κ2) is 32.1. The lowest BCUT2D eigenvalue weighted by atomic mass is 9.98. The number of alkyl carbamates (subject to hydrolysis) is 1. The number of β-amino-alcohol motifs (C(OH)–C–C–N with tert-alkyl or cyclic N) is 1. The van der Waals surface area contributed by atoms with Gasteiger partial charge in [-0.3, -0.25) is 33.7 Å². The number of amides is 8. The highest BCUT2D eigenvalue weighted by atomic mass is 16.6. The zero-order valence-corrected chi connectivity index (χ0v) is 54.5. The summed E-state index contributed by atoms with van der Waals surface area (Å²) >= 11 is 0. The fourth-order valence-electron chi connectivity index (χ4n) is 13.7. The number of carbonyl (C=O) groups is 8. The molecule has 0 aromatic heterocycles. The minimum atomic E-state index is -2.19. The number of fused-ring (bicyclic) bond motifs is 8. The van der Waals surface area contributed by atoms with Crippen molar-refractivity contribution in [1.82, 2.24) is 41.3 Å². The van der Waals surface area contributed by atoms with E-state index in [0.29, 0.717) is 0 Å². The molecule has 8 amide bonds. The Hall–Kier alpha value is -9.30. The summed E-state index contributed by atoms with van der Waals surface area (Å²) in [5, 5.41) is 113. The van der Waals surface area contributed by atoms with Crippen LogP contribution in [0.3, 0.4) is 0 Å². The second-order valence-corrected chi connectivity index (χ2v) is 25.8. The molecule has 29 nitrogen and oxygen atoms in total. The second-order valence-electron chi connectivity index (χ2n) is 25.8. The molecule has 0 unspecified atom stereocenters. The van der Waals surface area contributed by atoms with Crippen LogP contribution >= 0.6 is 0 Å². The van der Waals surface area contributed by atoms with Gasteiger partial charge in [-0.2, -0.15) is 0 Å². The predicted molar refractivity (Wildman–Crippen MR) is 353 cm³/mol. The first-order valence-corrected chi connectivity index (χ1v) is 33.0. The summed E-state index contributed by atoms with van der Waals surface area (Å²) in [6.45, 7) is -1.45. The third kappa shape index (κ3) is 16.2. The molecule has 3 saturated heterocycles. The molecule has 5 aromatic rings. The first kappa shape index (κ1) is 72.4. The first-order valence-electron chi connectivity index (χ1n) is 33.0. The number of hydrogen-bond acceptors (Lipinski definition) is 21. The van der Waals surface area contributed by atoms with E-state index in [0.717, 1.165) is 66.1 Å². The molecule has 29 heteroatoms. The van der Waals surface area contributed by atoms with Gasteiger partial charge in [-0.15, -0.1) is 0 Å². The maximum atomic E-state index is 15.2. The fourth-order valence-corrected chi connectivity index (χ4v) is 13.7. The van der Waals surface area contributed by atoms with E-state index in [-0.39, 0.29) is 56.1 Å². The normalized spacial score (nSPS) is 24.7. The van der Waals surface area contributed by atoms with Crippen LogP contribution in [-0.2, 0) is 44.7 Å². The molecule has 0 radical (unpaired) electrons. The van der Waals surface area contributed by atoms with Gasteiger partial charge in [0.1, 0.15) is 50.0 Å². The molecule has 10 rings (SSSR count). The summed E-state index contributed by atoms with van der Waals surface area (Å²) in [5.41, 5.74) is 14.0. The van der Waals surface area contributed by atoms with Crippen LogP contribution in [0, 0.1) is 5.92 Å². The Kier molecular flexibility index (Phi) is 23.5. The van der Waals surface area contributed by atoms with E-state index < -0.39 is 197 Å². The molecular weight excluding hydrogens is 1290 g/mol. The number of hydrogen-bond donors (Lipinski definition) is 15. The molecule has 0 spiro atoms. The number of ether oxygens (including phenoxy) is 3. The summed E-state index contributed by atoms with van der Waals surface area (Å²) in [6, 6.07) is 22.2. The Labute approximate surface area is 569 Å². The Morgan fingerprint density at radius 3 is 1.78 bits per heavy atom. The average molecular weight is 1370 g/mol. The molecule has 3 fully saturated rings. The maximum Gasteiger partial charge on any atom is 0.410 e. The van der Waals surface area contributed by atoms with E-state index in [4.69, 9.17) is 19.9 Å². The van der Waals surface area contributed by atoms with Gasteiger partial charge in [0.05, 0.1) is 68.5 Å². The number of benzene rings is 5. The van der Waals surface area contributed by atoms with Gasteiger partial charge in [0, 0.05) is 56.8 Å². The van der Waals surface area contributed by atoms with Crippen LogP contribution in [0.4, 0.5) is 9.59 Å². The van der Waals surface area contributed by atoms with E-state index in [9.17, 15) is 74.7 Å². The summed E-state index contributed by atoms with van der Waals surface area (Å²) < 4.78 is 17.5. The number of nitrogens with one attached hydrogen (secondary N) is 5. The highest BCUT2D eigenvalue weighted by Gasteiger charge is 2.50. The van der Waals surface area contributed by atoms with Gasteiger partial charge in [-0.25, -0.2) is 9.59 Å². The van der Waals surface area contributed by atoms with Crippen LogP contribution < -0.4 is 37.1 Å². The smallest absolute Gasteiger partial charge is 0.410 e. The number of aromatic hydroxyl groups is 1. The van der Waals surface area contributed by atoms with E-state index in [1.807, 2.05) is 97.1 Å². The van der Waals surface area contributed by atoms with Gasteiger partial charge in [0.25, 0.3) is 0 Å². The number of phenols is 1. The van der Waals surface area contributed by atoms with Crippen LogP contribution in [0.5, 0.6) is 11.5 Å². The van der Waals surface area contributed by atoms with E-state index >= 15 is 9.59 Å². The van der Waals surface area contributed by atoms with Crippen molar-refractivity contribution in [3.63, 3.8) is 0 Å². The lowest BCUT2D eigenvalue weighted by molar-refractivity contribution is -0.147. The Bertz CT molecular complexity index is 3670. The van der Waals surface area contributed by atoms with Crippen molar-refractivity contribution in [2.75, 3.05) is 65.8 Å². The highest BCUT2D eigenvalue weighted by molar-refractivity contribution is 5.98. The highest BCUT2D eigenvalue weighted by Crippen LogP contribution is 2.46. The lowest BCUT2D eigenvalue weighted by Crippen LogP contribution is -2.64. The third-order valence-corrected chi connectivity index (χ3v) is 19.0. The van der Waals surface area contributed by atoms with Gasteiger partial charge < -0.3 is 102 Å². The van der Waals surface area contributed by atoms with Crippen LogP contribution in [0.1, 0.15) is 72.8 Å². The molecule has 5 aromatic carbocycles. The molecule has 2 aliphatic carbocycles. The molecule has 0 bridgehead atoms. The van der Waals surface area contributed by atoms with Crippen molar-refractivity contribution >= 4 is 47.6 Å². The van der Waals surface area contributed by atoms with Gasteiger partial charge in [-0.1, -0.05) is 110 Å². The Balaban J connectivity index is 0.907. The zero-order valence-electron chi connectivity index (χ0n) is 54.5. The predicted octanol–water partition coefficient (Wildman–Crippen LogP) is -1.22. The number of rotatable bonds is 19. The van der Waals surface area contributed by atoms with E-state index in [1.165, 1.54) is 25.1 Å². The van der Waals surface area contributed by atoms with Gasteiger partial charge in [-0.05, 0) is 82.0 Å². The minimum absolute atomic E-state index is 0.0835. The molecule has 0 saturated carbocycles. The van der Waals surface area contributed by atoms with Crippen LogP contribution in [0.2, 0.25) is 0 Å². The third-order valence-electron chi connectivity index (χ3n) is 19.0. The van der Waals surface area contributed by atoms with Crippen LogP contribution in [0.15, 0.2) is 115 Å². The lowest BCUT2D eigenvalue weighted by Gasteiger charge is -2.34. The molecule has 3 aliphatic heterocycles.